The summed E-state index contributed by atoms with van der Waals surface area (Å²) in [7, 11) is 3.50. The van der Waals surface area contributed by atoms with Crippen LogP contribution in [-0.2, 0) is 13.0 Å². The average Bonchev–Trinajstić information content (AvgIpc) is 3.27. The maximum Gasteiger partial charge on any atom is 0.253 e. The number of benzene rings is 2. The molecule has 1 heterocycles. The molecule has 2 N–H and O–H groups in total. The first kappa shape index (κ1) is 22.1. The predicted octanol–water partition coefficient (Wildman–Crippen LogP) is 2.87. The lowest BCUT2D eigenvalue weighted by atomic mass is 10.1. The molecule has 0 aliphatic carbocycles. The average molecular weight is 419 g/mol. The number of para-hydroxylation sites is 1. The van der Waals surface area contributed by atoms with Crippen LogP contribution in [0, 0.1) is 0 Å². The monoisotopic (exact) mass is 418 g/mol. The summed E-state index contributed by atoms with van der Waals surface area (Å²) in [5.41, 5.74) is 3.94. The smallest absolute Gasteiger partial charge is 0.253 e. The summed E-state index contributed by atoms with van der Waals surface area (Å²) in [5.74, 6) is 0.770. The van der Waals surface area contributed by atoms with Crippen LogP contribution >= 0.6 is 0 Å². The minimum atomic E-state index is 0.000596. The highest BCUT2D eigenvalue weighted by Gasteiger charge is 2.07. The molecule has 0 saturated carbocycles. The largest absolute Gasteiger partial charge is 0.357 e. The molecular formula is C24H30N6O. The van der Waals surface area contributed by atoms with E-state index in [1.54, 1.807) is 19.0 Å². The van der Waals surface area contributed by atoms with E-state index in [0.717, 1.165) is 42.3 Å². The Balaban J connectivity index is 1.53. The van der Waals surface area contributed by atoms with Gasteiger partial charge in [0.15, 0.2) is 5.96 Å². The Morgan fingerprint density at radius 1 is 1.03 bits per heavy atom. The second-order valence-corrected chi connectivity index (χ2v) is 7.40. The van der Waals surface area contributed by atoms with Gasteiger partial charge in [-0.3, -0.25) is 4.79 Å². The first-order valence-corrected chi connectivity index (χ1v) is 10.5. The van der Waals surface area contributed by atoms with E-state index in [9.17, 15) is 4.79 Å². The second kappa shape index (κ2) is 11.0. The highest BCUT2D eigenvalue weighted by molar-refractivity contribution is 5.93. The number of carbonyl (C=O) groups is 1. The van der Waals surface area contributed by atoms with Gasteiger partial charge < -0.3 is 15.5 Å². The molecule has 1 amide bonds. The zero-order valence-electron chi connectivity index (χ0n) is 18.4. The molecule has 0 atom stereocenters. The van der Waals surface area contributed by atoms with E-state index in [2.05, 4.69) is 26.9 Å². The Bertz CT molecular complexity index is 992. The van der Waals surface area contributed by atoms with Crippen molar-refractivity contribution < 1.29 is 4.79 Å². The van der Waals surface area contributed by atoms with Crippen molar-refractivity contribution in [1.29, 1.82) is 0 Å². The van der Waals surface area contributed by atoms with Crippen LogP contribution in [-0.4, -0.2) is 53.7 Å². The summed E-state index contributed by atoms with van der Waals surface area (Å²) in [6, 6.07) is 17.7. The van der Waals surface area contributed by atoms with Gasteiger partial charge in [0.1, 0.15) is 0 Å². The lowest BCUT2D eigenvalue weighted by molar-refractivity contribution is 0.0827. The van der Waals surface area contributed by atoms with E-state index < -0.39 is 0 Å². The number of hydrogen-bond donors (Lipinski definition) is 2. The topological polar surface area (TPSA) is 74.6 Å². The third-order valence-electron chi connectivity index (χ3n) is 4.73. The number of rotatable bonds is 8. The van der Waals surface area contributed by atoms with Crippen LogP contribution in [0.2, 0.25) is 0 Å². The first-order chi connectivity index (χ1) is 15.1. The molecule has 3 rings (SSSR count). The van der Waals surface area contributed by atoms with Crippen LogP contribution in [0.4, 0.5) is 0 Å². The molecule has 0 fully saturated rings. The van der Waals surface area contributed by atoms with Gasteiger partial charge in [-0.05, 0) is 48.7 Å². The SMILES string of the molecule is CCNC(=NCc1ccc(C(=O)N(C)C)cc1)NCCc1cnn(-c2ccccc2)c1. The molecule has 0 aliphatic heterocycles. The maximum absolute atomic E-state index is 12.0. The lowest BCUT2D eigenvalue weighted by Crippen LogP contribution is -2.38. The fraction of sp³-hybridized carbons (Fsp3) is 0.292. The standard InChI is InChI=1S/C24H30N6O/c1-4-25-24(27-16-19-10-12-21(13-11-19)23(31)29(2)3)26-15-14-20-17-28-30(18-20)22-8-6-5-7-9-22/h5-13,17-18H,4,14-16H2,1-3H3,(H2,25,26,27). The van der Waals surface area contributed by atoms with Crippen molar-refractivity contribution in [2.75, 3.05) is 27.2 Å². The van der Waals surface area contributed by atoms with E-state index >= 15 is 0 Å². The summed E-state index contributed by atoms with van der Waals surface area (Å²) in [6.07, 6.45) is 4.80. The maximum atomic E-state index is 12.0. The number of nitrogens with zero attached hydrogens (tertiary/aromatic N) is 4. The number of amides is 1. The molecule has 0 unspecified atom stereocenters. The molecule has 7 nitrogen and oxygen atoms in total. The minimum absolute atomic E-state index is 0.000596. The lowest BCUT2D eigenvalue weighted by Gasteiger charge is -2.12. The zero-order valence-corrected chi connectivity index (χ0v) is 18.4. The van der Waals surface area contributed by atoms with Crippen molar-refractivity contribution in [3.63, 3.8) is 0 Å². The molecule has 3 aromatic rings. The summed E-state index contributed by atoms with van der Waals surface area (Å²) in [5, 5.41) is 11.1. The zero-order chi connectivity index (χ0) is 22.1. The van der Waals surface area contributed by atoms with Crippen LogP contribution in [0.1, 0.15) is 28.4 Å². The van der Waals surface area contributed by atoms with E-state index in [1.807, 2.05) is 72.4 Å². The Kier molecular flexibility index (Phi) is 7.81. The van der Waals surface area contributed by atoms with Gasteiger partial charge in [0.2, 0.25) is 0 Å². The molecule has 0 spiro atoms. The van der Waals surface area contributed by atoms with Crippen molar-refractivity contribution in [3.8, 4) is 5.69 Å². The third kappa shape index (κ3) is 6.44. The van der Waals surface area contributed by atoms with Crippen molar-refractivity contribution in [1.82, 2.24) is 25.3 Å². The number of aromatic nitrogens is 2. The van der Waals surface area contributed by atoms with Crippen molar-refractivity contribution in [2.45, 2.75) is 19.9 Å². The molecular weight excluding hydrogens is 388 g/mol. The fourth-order valence-corrected chi connectivity index (χ4v) is 3.06. The Morgan fingerprint density at radius 3 is 2.45 bits per heavy atom. The first-order valence-electron chi connectivity index (χ1n) is 10.5. The van der Waals surface area contributed by atoms with E-state index in [0.29, 0.717) is 12.1 Å². The molecule has 0 aliphatic rings. The van der Waals surface area contributed by atoms with Gasteiger partial charge >= 0.3 is 0 Å². The summed E-state index contributed by atoms with van der Waals surface area (Å²) < 4.78 is 1.89. The van der Waals surface area contributed by atoms with Crippen LogP contribution in [0.3, 0.4) is 0 Å². The van der Waals surface area contributed by atoms with Crippen molar-refractivity contribution >= 4 is 11.9 Å². The Labute approximate surface area is 183 Å². The van der Waals surface area contributed by atoms with Gasteiger partial charge in [0.05, 0.1) is 18.4 Å². The number of carbonyl (C=O) groups excluding carboxylic acids is 1. The number of aliphatic imine (C=N–C) groups is 1. The van der Waals surface area contributed by atoms with Gasteiger partial charge in [-0.25, -0.2) is 9.67 Å². The molecule has 0 bridgehead atoms. The van der Waals surface area contributed by atoms with Crippen LogP contribution < -0.4 is 10.6 Å². The Hall–Kier alpha value is -3.61. The van der Waals surface area contributed by atoms with Crippen LogP contribution in [0.5, 0.6) is 0 Å². The van der Waals surface area contributed by atoms with E-state index in [1.165, 1.54) is 0 Å². The minimum Gasteiger partial charge on any atom is -0.357 e. The van der Waals surface area contributed by atoms with Gasteiger partial charge in [-0.2, -0.15) is 5.10 Å². The van der Waals surface area contributed by atoms with Crippen molar-refractivity contribution in [2.24, 2.45) is 4.99 Å². The number of hydrogen-bond acceptors (Lipinski definition) is 3. The molecule has 162 valence electrons. The van der Waals surface area contributed by atoms with Gasteiger partial charge in [0.25, 0.3) is 5.91 Å². The van der Waals surface area contributed by atoms with Gasteiger partial charge in [0, 0.05) is 38.9 Å². The third-order valence-corrected chi connectivity index (χ3v) is 4.73. The molecule has 31 heavy (non-hydrogen) atoms. The molecule has 1 aromatic heterocycles. The van der Waals surface area contributed by atoms with E-state index in [-0.39, 0.29) is 5.91 Å². The summed E-state index contributed by atoms with van der Waals surface area (Å²) >= 11 is 0. The number of guanidine groups is 1. The highest BCUT2D eigenvalue weighted by Crippen LogP contribution is 2.09. The number of nitrogens with one attached hydrogen (secondary N) is 2. The molecule has 0 radical (unpaired) electrons. The molecule has 0 saturated heterocycles. The quantitative estimate of drug-likeness (QED) is 0.436. The Morgan fingerprint density at radius 2 is 1.77 bits per heavy atom. The second-order valence-electron chi connectivity index (χ2n) is 7.40. The summed E-state index contributed by atoms with van der Waals surface area (Å²) in [4.78, 5) is 18.2. The van der Waals surface area contributed by atoms with Crippen LogP contribution in [0.15, 0.2) is 72.0 Å². The fourth-order valence-electron chi connectivity index (χ4n) is 3.06. The van der Waals surface area contributed by atoms with Crippen molar-refractivity contribution in [3.05, 3.63) is 83.7 Å². The normalized spacial score (nSPS) is 11.3. The molecule has 2 aromatic carbocycles. The predicted molar refractivity (Wildman–Crippen MR) is 125 cm³/mol. The summed E-state index contributed by atoms with van der Waals surface area (Å²) in [6.45, 7) is 4.12. The van der Waals surface area contributed by atoms with E-state index in [4.69, 9.17) is 0 Å². The van der Waals surface area contributed by atoms with Gasteiger partial charge in [-0.15, -0.1) is 0 Å². The highest BCUT2D eigenvalue weighted by atomic mass is 16.2. The molecule has 7 heteroatoms. The van der Waals surface area contributed by atoms with Crippen LogP contribution in [0.25, 0.3) is 5.69 Å². The van der Waals surface area contributed by atoms with Gasteiger partial charge in [-0.1, -0.05) is 30.3 Å².